The van der Waals surface area contributed by atoms with E-state index >= 15 is 0 Å². The van der Waals surface area contributed by atoms with E-state index in [0.29, 0.717) is 5.92 Å². The Morgan fingerprint density at radius 2 is 1.90 bits per heavy atom. The van der Waals surface area contributed by atoms with Gasteiger partial charge in [-0.1, -0.05) is 6.92 Å². The first-order valence-corrected chi connectivity index (χ1v) is 3.71. The SMILES string of the molecule is [CH2]CC1COC(C)(C)OC1. The molecule has 1 rings (SSSR count). The van der Waals surface area contributed by atoms with Gasteiger partial charge in [0.1, 0.15) is 0 Å². The summed E-state index contributed by atoms with van der Waals surface area (Å²) >= 11 is 0. The zero-order chi connectivity index (χ0) is 7.61. The van der Waals surface area contributed by atoms with Crippen molar-refractivity contribution in [3.05, 3.63) is 6.92 Å². The minimum Gasteiger partial charge on any atom is -0.350 e. The molecule has 59 valence electrons. The Balaban J connectivity index is 2.31. The Morgan fingerprint density at radius 3 is 2.30 bits per heavy atom. The lowest BCUT2D eigenvalue weighted by Crippen LogP contribution is -2.38. The van der Waals surface area contributed by atoms with Crippen LogP contribution in [0.4, 0.5) is 0 Å². The van der Waals surface area contributed by atoms with Crippen molar-refractivity contribution >= 4 is 0 Å². The molecule has 0 amide bonds. The van der Waals surface area contributed by atoms with Crippen LogP contribution < -0.4 is 0 Å². The van der Waals surface area contributed by atoms with E-state index < -0.39 is 0 Å². The lowest BCUT2D eigenvalue weighted by molar-refractivity contribution is -0.261. The van der Waals surface area contributed by atoms with Crippen LogP contribution in [-0.4, -0.2) is 19.0 Å². The van der Waals surface area contributed by atoms with Crippen molar-refractivity contribution in [1.82, 2.24) is 0 Å². The van der Waals surface area contributed by atoms with Gasteiger partial charge in [0.15, 0.2) is 5.79 Å². The molecule has 0 aromatic rings. The molecule has 0 N–H and O–H groups in total. The summed E-state index contributed by atoms with van der Waals surface area (Å²) in [7, 11) is 0. The summed E-state index contributed by atoms with van der Waals surface area (Å²) in [6, 6.07) is 0. The molecule has 1 aliphatic rings. The van der Waals surface area contributed by atoms with Crippen molar-refractivity contribution in [1.29, 1.82) is 0 Å². The van der Waals surface area contributed by atoms with Crippen molar-refractivity contribution in [3.8, 4) is 0 Å². The van der Waals surface area contributed by atoms with E-state index in [1.54, 1.807) is 0 Å². The summed E-state index contributed by atoms with van der Waals surface area (Å²) in [5.74, 6) is 0.124. The van der Waals surface area contributed by atoms with Crippen LogP contribution in [0.15, 0.2) is 0 Å². The number of hydrogen-bond donors (Lipinski definition) is 0. The van der Waals surface area contributed by atoms with Crippen LogP contribution in [0.3, 0.4) is 0 Å². The Hall–Kier alpha value is -0.0800. The Bertz CT molecular complexity index is 99.8. The van der Waals surface area contributed by atoms with Crippen LogP contribution in [-0.2, 0) is 9.47 Å². The highest BCUT2D eigenvalue weighted by molar-refractivity contribution is 4.67. The summed E-state index contributed by atoms with van der Waals surface area (Å²) < 4.78 is 10.8. The van der Waals surface area contributed by atoms with Crippen LogP contribution >= 0.6 is 0 Å². The number of hydrogen-bond acceptors (Lipinski definition) is 2. The molecular weight excluding hydrogens is 128 g/mol. The normalized spacial score (nSPS) is 26.7. The topological polar surface area (TPSA) is 18.5 Å². The van der Waals surface area contributed by atoms with Gasteiger partial charge < -0.3 is 9.47 Å². The van der Waals surface area contributed by atoms with Gasteiger partial charge in [0.05, 0.1) is 13.2 Å². The number of rotatable bonds is 1. The molecule has 10 heavy (non-hydrogen) atoms. The van der Waals surface area contributed by atoms with Gasteiger partial charge in [-0.3, -0.25) is 0 Å². The molecule has 0 saturated carbocycles. The third kappa shape index (κ3) is 1.96. The molecule has 1 radical (unpaired) electrons. The molecule has 2 heteroatoms. The molecule has 0 atom stereocenters. The van der Waals surface area contributed by atoms with E-state index in [0.717, 1.165) is 19.6 Å². The van der Waals surface area contributed by atoms with Gasteiger partial charge in [0.25, 0.3) is 0 Å². The van der Waals surface area contributed by atoms with E-state index in [-0.39, 0.29) is 5.79 Å². The average Bonchev–Trinajstić information content (AvgIpc) is 1.88. The molecule has 0 bridgehead atoms. The zero-order valence-electron chi connectivity index (χ0n) is 6.72. The molecule has 1 heterocycles. The second-order valence-corrected chi connectivity index (χ2v) is 3.18. The van der Waals surface area contributed by atoms with Crippen molar-refractivity contribution in [3.63, 3.8) is 0 Å². The van der Waals surface area contributed by atoms with E-state index in [1.807, 2.05) is 13.8 Å². The van der Waals surface area contributed by atoms with Gasteiger partial charge >= 0.3 is 0 Å². The highest BCUT2D eigenvalue weighted by Gasteiger charge is 2.26. The maximum Gasteiger partial charge on any atom is 0.162 e. The van der Waals surface area contributed by atoms with Gasteiger partial charge in [-0.15, -0.1) is 0 Å². The second kappa shape index (κ2) is 2.89. The highest BCUT2D eigenvalue weighted by atomic mass is 16.7. The van der Waals surface area contributed by atoms with E-state index in [1.165, 1.54) is 0 Å². The molecule has 2 nitrogen and oxygen atoms in total. The molecule has 1 saturated heterocycles. The van der Waals surface area contributed by atoms with E-state index in [2.05, 4.69) is 6.92 Å². The molecule has 0 spiro atoms. The Morgan fingerprint density at radius 1 is 1.40 bits per heavy atom. The maximum absolute atomic E-state index is 5.41. The molecule has 0 aliphatic carbocycles. The molecule has 0 aromatic carbocycles. The molecule has 0 aromatic heterocycles. The largest absolute Gasteiger partial charge is 0.350 e. The van der Waals surface area contributed by atoms with E-state index in [9.17, 15) is 0 Å². The summed E-state index contributed by atoms with van der Waals surface area (Å²) in [5, 5.41) is 0. The van der Waals surface area contributed by atoms with Crippen LogP contribution in [0.1, 0.15) is 20.3 Å². The first-order valence-electron chi connectivity index (χ1n) is 3.71. The van der Waals surface area contributed by atoms with Gasteiger partial charge in [0, 0.05) is 5.92 Å². The zero-order valence-corrected chi connectivity index (χ0v) is 6.72. The van der Waals surface area contributed by atoms with Gasteiger partial charge in [-0.2, -0.15) is 0 Å². The fourth-order valence-electron chi connectivity index (χ4n) is 0.894. The third-order valence-corrected chi connectivity index (χ3v) is 1.74. The quantitative estimate of drug-likeness (QED) is 0.555. The van der Waals surface area contributed by atoms with E-state index in [4.69, 9.17) is 9.47 Å². The van der Waals surface area contributed by atoms with Gasteiger partial charge in [0.2, 0.25) is 0 Å². The van der Waals surface area contributed by atoms with Gasteiger partial charge in [-0.05, 0) is 20.3 Å². The van der Waals surface area contributed by atoms with Crippen LogP contribution in [0.25, 0.3) is 0 Å². The minimum absolute atomic E-state index is 0.369. The summed E-state index contributed by atoms with van der Waals surface area (Å²) in [5.41, 5.74) is 0. The highest BCUT2D eigenvalue weighted by Crippen LogP contribution is 2.21. The lowest BCUT2D eigenvalue weighted by atomic mass is 10.1. The summed E-state index contributed by atoms with van der Waals surface area (Å²) in [4.78, 5) is 0. The van der Waals surface area contributed by atoms with Crippen molar-refractivity contribution in [2.24, 2.45) is 5.92 Å². The van der Waals surface area contributed by atoms with Crippen LogP contribution in [0, 0.1) is 12.8 Å². The van der Waals surface area contributed by atoms with Crippen LogP contribution in [0.2, 0.25) is 0 Å². The van der Waals surface area contributed by atoms with Crippen molar-refractivity contribution in [2.75, 3.05) is 13.2 Å². The first-order chi connectivity index (χ1) is 4.64. The lowest BCUT2D eigenvalue weighted by Gasteiger charge is -2.34. The van der Waals surface area contributed by atoms with Gasteiger partial charge in [-0.25, -0.2) is 0 Å². The minimum atomic E-state index is -0.369. The summed E-state index contributed by atoms with van der Waals surface area (Å²) in [6.07, 6.45) is 0.899. The Kier molecular flexibility index (Phi) is 2.32. The molecular formula is C8H15O2. The van der Waals surface area contributed by atoms with Crippen molar-refractivity contribution < 1.29 is 9.47 Å². The maximum atomic E-state index is 5.41. The summed E-state index contributed by atoms with van der Waals surface area (Å²) in [6.45, 7) is 9.25. The third-order valence-electron chi connectivity index (χ3n) is 1.74. The predicted octanol–water partition coefficient (Wildman–Crippen LogP) is 1.61. The Labute approximate surface area is 62.5 Å². The smallest absolute Gasteiger partial charge is 0.162 e. The fourth-order valence-corrected chi connectivity index (χ4v) is 0.894. The standard InChI is InChI=1S/C8H15O2/c1-4-7-5-9-8(2,3)10-6-7/h7H,1,4-6H2,2-3H3. The second-order valence-electron chi connectivity index (χ2n) is 3.18. The first kappa shape index (κ1) is 8.02. The predicted molar refractivity (Wildman–Crippen MR) is 39.4 cm³/mol. The monoisotopic (exact) mass is 143 g/mol. The molecule has 1 aliphatic heterocycles. The number of ether oxygens (including phenoxy) is 2. The average molecular weight is 143 g/mol. The fraction of sp³-hybridized carbons (Fsp3) is 0.875. The molecule has 0 unspecified atom stereocenters. The molecule has 1 fully saturated rings. The van der Waals surface area contributed by atoms with Crippen LogP contribution in [0.5, 0.6) is 0 Å². The van der Waals surface area contributed by atoms with Crippen molar-refractivity contribution in [2.45, 2.75) is 26.1 Å².